The number of rotatable bonds is 3. The summed E-state index contributed by atoms with van der Waals surface area (Å²) in [5, 5.41) is 0. The van der Waals surface area contributed by atoms with Crippen LogP contribution in [0.1, 0.15) is 35.7 Å². The molecule has 152 valence electrons. The minimum Gasteiger partial charge on any atom is -0.399 e. The van der Waals surface area contributed by atoms with E-state index in [9.17, 15) is 9.59 Å². The molecule has 2 aliphatic heterocycles. The maximum Gasteiger partial charge on any atom is 0.254 e. The molecule has 1 atom stereocenters. The van der Waals surface area contributed by atoms with Crippen LogP contribution < -0.4 is 5.73 Å². The molecule has 1 unspecified atom stereocenters. The number of anilines is 1. The van der Waals surface area contributed by atoms with Gasteiger partial charge in [-0.15, -0.1) is 24.8 Å². The van der Waals surface area contributed by atoms with Crippen molar-refractivity contribution >= 4 is 42.3 Å². The number of aryl methyl sites for hydroxylation is 1. The van der Waals surface area contributed by atoms with Crippen LogP contribution in [-0.2, 0) is 4.79 Å². The largest absolute Gasteiger partial charge is 0.399 e. The molecule has 0 aromatic heterocycles. The van der Waals surface area contributed by atoms with E-state index in [-0.39, 0.29) is 42.7 Å². The third-order valence-corrected chi connectivity index (χ3v) is 5.42. The van der Waals surface area contributed by atoms with Gasteiger partial charge in [0.2, 0.25) is 5.91 Å². The van der Waals surface area contributed by atoms with Gasteiger partial charge in [-0.3, -0.25) is 14.5 Å². The fourth-order valence-corrected chi connectivity index (χ4v) is 3.71. The molecule has 1 aromatic carbocycles. The normalized spacial score (nSPS) is 18.4. The summed E-state index contributed by atoms with van der Waals surface area (Å²) >= 11 is 0. The van der Waals surface area contributed by atoms with Crippen molar-refractivity contribution in [2.45, 2.75) is 32.7 Å². The standard InChI is InChI=1S/C19H28N4O2.2ClH/c1-14-5-6-16(20)13-17(14)19(25)23-11-9-21(10-12-23)15(2)18(24)22-7-3-4-8-22;;/h5-6,13,15H,3-4,7-12,20H2,1-2H3;2*1H. The van der Waals surface area contributed by atoms with E-state index in [2.05, 4.69) is 4.90 Å². The molecule has 1 aromatic rings. The lowest BCUT2D eigenvalue weighted by Crippen LogP contribution is -2.55. The molecule has 0 saturated carbocycles. The van der Waals surface area contributed by atoms with Crippen LogP contribution in [0.25, 0.3) is 0 Å². The quantitative estimate of drug-likeness (QED) is 0.766. The van der Waals surface area contributed by atoms with Gasteiger partial charge >= 0.3 is 0 Å². The number of hydrogen-bond donors (Lipinski definition) is 1. The number of likely N-dealkylation sites (tertiary alicyclic amines) is 1. The molecule has 8 heteroatoms. The molecule has 2 fully saturated rings. The van der Waals surface area contributed by atoms with Crippen molar-refractivity contribution in [3.8, 4) is 0 Å². The summed E-state index contributed by atoms with van der Waals surface area (Å²) in [5.74, 6) is 0.256. The second kappa shape index (κ2) is 10.2. The number of benzene rings is 1. The molecular weight excluding hydrogens is 387 g/mol. The summed E-state index contributed by atoms with van der Waals surface area (Å²) in [6.07, 6.45) is 2.22. The first-order valence-electron chi connectivity index (χ1n) is 9.15. The van der Waals surface area contributed by atoms with Crippen molar-refractivity contribution in [1.29, 1.82) is 0 Å². The molecule has 2 N–H and O–H groups in total. The minimum absolute atomic E-state index is 0. The number of nitrogens with two attached hydrogens (primary N) is 1. The van der Waals surface area contributed by atoms with Gasteiger partial charge in [0.1, 0.15) is 0 Å². The summed E-state index contributed by atoms with van der Waals surface area (Å²) in [7, 11) is 0. The lowest BCUT2D eigenvalue weighted by Gasteiger charge is -2.38. The molecule has 6 nitrogen and oxygen atoms in total. The highest BCUT2D eigenvalue weighted by Gasteiger charge is 2.31. The van der Waals surface area contributed by atoms with Crippen LogP contribution >= 0.6 is 24.8 Å². The molecule has 2 amide bonds. The van der Waals surface area contributed by atoms with E-state index in [1.165, 1.54) is 0 Å². The van der Waals surface area contributed by atoms with Crippen molar-refractivity contribution in [1.82, 2.24) is 14.7 Å². The van der Waals surface area contributed by atoms with E-state index in [0.29, 0.717) is 24.3 Å². The summed E-state index contributed by atoms with van der Waals surface area (Å²) in [4.78, 5) is 31.4. The fraction of sp³-hybridized carbons (Fsp3) is 0.579. The van der Waals surface area contributed by atoms with Crippen LogP contribution in [0, 0.1) is 6.92 Å². The van der Waals surface area contributed by atoms with Crippen molar-refractivity contribution in [3.63, 3.8) is 0 Å². The van der Waals surface area contributed by atoms with Crippen LogP contribution in [0.5, 0.6) is 0 Å². The molecule has 2 heterocycles. The topological polar surface area (TPSA) is 69.9 Å². The van der Waals surface area contributed by atoms with Gasteiger partial charge in [0, 0.05) is 50.5 Å². The highest BCUT2D eigenvalue weighted by Crippen LogP contribution is 2.18. The van der Waals surface area contributed by atoms with Gasteiger partial charge in [-0.1, -0.05) is 6.07 Å². The van der Waals surface area contributed by atoms with Crippen molar-refractivity contribution in [3.05, 3.63) is 29.3 Å². The Balaban J connectivity index is 0.00000182. The zero-order valence-electron chi connectivity index (χ0n) is 16.0. The molecule has 27 heavy (non-hydrogen) atoms. The Morgan fingerprint density at radius 2 is 1.56 bits per heavy atom. The molecule has 0 bridgehead atoms. The first-order chi connectivity index (χ1) is 12.0. The van der Waals surface area contributed by atoms with Crippen molar-refractivity contribution in [2.75, 3.05) is 45.0 Å². The van der Waals surface area contributed by atoms with Gasteiger partial charge in [0.25, 0.3) is 5.91 Å². The zero-order valence-corrected chi connectivity index (χ0v) is 17.7. The molecule has 0 radical (unpaired) electrons. The van der Waals surface area contributed by atoms with E-state index in [0.717, 1.165) is 44.6 Å². The predicted octanol–water partition coefficient (Wildman–Crippen LogP) is 2.19. The molecular formula is C19H30Cl2N4O2. The second-order valence-electron chi connectivity index (χ2n) is 7.11. The molecule has 2 aliphatic rings. The number of hydrogen-bond acceptors (Lipinski definition) is 4. The van der Waals surface area contributed by atoms with E-state index in [1.54, 1.807) is 6.07 Å². The monoisotopic (exact) mass is 416 g/mol. The molecule has 0 aliphatic carbocycles. The number of nitrogen functional groups attached to an aromatic ring is 1. The van der Waals surface area contributed by atoms with Crippen LogP contribution in [0.15, 0.2) is 18.2 Å². The van der Waals surface area contributed by atoms with Crippen molar-refractivity contribution in [2.24, 2.45) is 0 Å². The average Bonchev–Trinajstić information content (AvgIpc) is 3.16. The minimum atomic E-state index is -0.107. The maximum atomic E-state index is 12.8. The lowest BCUT2D eigenvalue weighted by atomic mass is 10.1. The van der Waals surface area contributed by atoms with Crippen molar-refractivity contribution < 1.29 is 9.59 Å². The Bertz CT molecular complexity index is 657. The van der Waals surface area contributed by atoms with Gasteiger partial charge in [-0.05, 0) is 44.4 Å². The molecule has 2 saturated heterocycles. The summed E-state index contributed by atoms with van der Waals surface area (Å²) in [6, 6.07) is 5.35. The summed E-state index contributed by atoms with van der Waals surface area (Å²) < 4.78 is 0. The number of carbonyl (C=O) groups is 2. The Labute approximate surface area is 173 Å². The fourth-order valence-electron chi connectivity index (χ4n) is 3.71. The number of carbonyl (C=O) groups excluding carboxylic acids is 2. The Kier molecular flexibility index (Phi) is 8.85. The van der Waals surface area contributed by atoms with E-state index >= 15 is 0 Å². The maximum absolute atomic E-state index is 12.8. The highest BCUT2D eigenvalue weighted by molar-refractivity contribution is 5.96. The number of halogens is 2. The van der Waals surface area contributed by atoms with Crippen LogP contribution in [0.3, 0.4) is 0 Å². The average molecular weight is 417 g/mol. The molecule has 3 rings (SSSR count). The SMILES string of the molecule is Cc1ccc(N)cc1C(=O)N1CCN(C(C)C(=O)N2CCCC2)CC1.Cl.Cl. The van der Waals surface area contributed by atoms with Crippen LogP contribution in [0.4, 0.5) is 5.69 Å². The van der Waals surface area contributed by atoms with Gasteiger partial charge < -0.3 is 15.5 Å². The first kappa shape index (κ1) is 23.5. The second-order valence-corrected chi connectivity index (χ2v) is 7.11. The van der Waals surface area contributed by atoms with Gasteiger partial charge in [0.05, 0.1) is 6.04 Å². The third kappa shape index (κ3) is 5.27. The lowest BCUT2D eigenvalue weighted by molar-refractivity contribution is -0.135. The Morgan fingerprint density at radius 3 is 2.15 bits per heavy atom. The highest BCUT2D eigenvalue weighted by atomic mass is 35.5. The predicted molar refractivity (Wildman–Crippen MR) is 113 cm³/mol. The summed E-state index contributed by atoms with van der Waals surface area (Å²) in [6.45, 7) is 8.43. The summed E-state index contributed by atoms with van der Waals surface area (Å²) in [5.41, 5.74) is 8.06. The number of piperazine rings is 1. The smallest absolute Gasteiger partial charge is 0.254 e. The molecule has 0 spiro atoms. The zero-order chi connectivity index (χ0) is 18.0. The van der Waals surface area contributed by atoms with Gasteiger partial charge in [0.15, 0.2) is 0 Å². The van der Waals surface area contributed by atoms with E-state index in [4.69, 9.17) is 5.73 Å². The number of amides is 2. The Hall–Kier alpha value is -1.50. The van der Waals surface area contributed by atoms with E-state index in [1.807, 2.05) is 35.8 Å². The number of nitrogens with zero attached hydrogens (tertiary/aromatic N) is 3. The van der Waals surface area contributed by atoms with Gasteiger partial charge in [-0.25, -0.2) is 0 Å². The van der Waals surface area contributed by atoms with Gasteiger partial charge in [-0.2, -0.15) is 0 Å². The third-order valence-electron chi connectivity index (χ3n) is 5.42. The first-order valence-corrected chi connectivity index (χ1v) is 9.15. The van der Waals surface area contributed by atoms with E-state index < -0.39 is 0 Å². The van der Waals surface area contributed by atoms with Crippen LogP contribution in [-0.4, -0.2) is 71.8 Å². The Morgan fingerprint density at radius 1 is 0.963 bits per heavy atom. The van der Waals surface area contributed by atoms with Crippen LogP contribution in [0.2, 0.25) is 0 Å².